The van der Waals surface area contributed by atoms with Crippen LogP contribution in [0.25, 0.3) is 22.4 Å². The van der Waals surface area contributed by atoms with E-state index in [1.807, 2.05) is 67.6 Å². The van der Waals surface area contributed by atoms with E-state index in [4.69, 9.17) is 0 Å². The summed E-state index contributed by atoms with van der Waals surface area (Å²) in [5.41, 5.74) is 4.23. The van der Waals surface area contributed by atoms with Crippen molar-refractivity contribution in [3.63, 3.8) is 0 Å². The SMILES string of the molecule is Cc1cccc(-n2c(=O)c3ccccc3n3c(SC(C)c4cccc([N+](=O)[O-])c4)nnc23)c1C. The van der Waals surface area contributed by atoms with Gasteiger partial charge in [0.2, 0.25) is 5.78 Å². The van der Waals surface area contributed by atoms with Gasteiger partial charge in [-0.1, -0.05) is 48.2 Å². The third-order valence-electron chi connectivity index (χ3n) is 6.04. The van der Waals surface area contributed by atoms with Gasteiger partial charge >= 0.3 is 0 Å². The van der Waals surface area contributed by atoms with Gasteiger partial charge < -0.3 is 0 Å². The van der Waals surface area contributed by atoms with Gasteiger partial charge in [0.1, 0.15) is 0 Å². The minimum absolute atomic E-state index is 0.0465. The first-order chi connectivity index (χ1) is 16.4. The largest absolute Gasteiger partial charge is 0.269 e. The molecule has 0 aliphatic rings. The van der Waals surface area contributed by atoms with Crippen molar-refractivity contribution >= 4 is 34.1 Å². The fraction of sp³-hybridized carbons (Fsp3) is 0.160. The molecular formula is C25H21N5O3S. The molecule has 170 valence electrons. The van der Waals surface area contributed by atoms with Crippen LogP contribution in [0.1, 0.15) is 28.9 Å². The minimum Gasteiger partial charge on any atom is -0.268 e. The van der Waals surface area contributed by atoms with Crippen LogP contribution in [-0.4, -0.2) is 24.1 Å². The normalized spacial score (nSPS) is 12.3. The van der Waals surface area contributed by atoms with Crippen molar-refractivity contribution in [1.29, 1.82) is 0 Å². The number of para-hydroxylation sites is 1. The van der Waals surface area contributed by atoms with E-state index in [0.717, 1.165) is 22.4 Å². The molecule has 9 heteroatoms. The highest BCUT2D eigenvalue weighted by Gasteiger charge is 2.21. The van der Waals surface area contributed by atoms with Gasteiger partial charge in [0, 0.05) is 17.4 Å². The number of hydrogen-bond acceptors (Lipinski definition) is 6. The van der Waals surface area contributed by atoms with E-state index in [1.54, 1.807) is 22.8 Å². The van der Waals surface area contributed by atoms with E-state index >= 15 is 0 Å². The van der Waals surface area contributed by atoms with E-state index in [9.17, 15) is 14.9 Å². The molecule has 0 radical (unpaired) electrons. The van der Waals surface area contributed by atoms with Crippen molar-refractivity contribution in [1.82, 2.24) is 19.2 Å². The van der Waals surface area contributed by atoms with Gasteiger partial charge in [-0.05, 0) is 55.7 Å². The maximum atomic E-state index is 13.6. The summed E-state index contributed by atoms with van der Waals surface area (Å²) in [5.74, 6) is 0.422. The average molecular weight is 472 g/mol. The number of hydrogen-bond donors (Lipinski definition) is 0. The fourth-order valence-electron chi connectivity index (χ4n) is 4.07. The summed E-state index contributed by atoms with van der Waals surface area (Å²) in [5, 5.41) is 21.1. The summed E-state index contributed by atoms with van der Waals surface area (Å²) in [6, 6.07) is 19.8. The van der Waals surface area contributed by atoms with E-state index in [1.165, 1.54) is 17.8 Å². The molecule has 5 rings (SSSR count). The Kier molecular flexibility index (Phi) is 5.41. The van der Waals surface area contributed by atoms with Crippen LogP contribution in [-0.2, 0) is 0 Å². The number of nitro groups is 1. The Morgan fingerprint density at radius 3 is 2.56 bits per heavy atom. The molecule has 0 spiro atoms. The second kappa shape index (κ2) is 8.42. The first-order valence-electron chi connectivity index (χ1n) is 10.7. The Hall–Kier alpha value is -3.98. The summed E-state index contributed by atoms with van der Waals surface area (Å²) < 4.78 is 3.50. The Morgan fingerprint density at radius 2 is 1.76 bits per heavy atom. The lowest BCUT2D eigenvalue weighted by atomic mass is 10.1. The fourth-order valence-corrected chi connectivity index (χ4v) is 5.04. The number of benzene rings is 3. The van der Waals surface area contributed by atoms with Gasteiger partial charge in [-0.15, -0.1) is 10.2 Å². The molecule has 0 amide bonds. The lowest BCUT2D eigenvalue weighted by Gasteiger charge is -2.15. The average Bonchev–Trinajstić information content (AvgIpc) is 3.25. The summed E-state index contributed by atoms with van der Waals surface area (Å²) in [6.07, 6.45) is 0. The molecule has 0 saturated heterocycles. The molecule has 0 N–H and O–H groups in total. The monoisotopic (exact) mass is 471 g/mol. The number of thioether (sulfide) groups is 1. The molecule has 0 fully saturated rings. The predicted molar refractivity (Wildman–Crippen MR) is 133 cm³/mol. The van der Waals surface area contributed by atoms with Gasteiger partial charge in [0.05, 0.1) is 21.5 Å². The highest BCUT2D eigenvalue weighted by Crippen LogP contribution is 2.36. The molecule has 1 unspecified atom stereocenters. The summed E-state index contributed by atoms with van der Waals surface area (Å²) in [4.78, 5) is 24.4. The van der Waals surface area contributed by atoms with Crippen molar-refractivity contribution in [2.45, 2.75) is 31.2 Å². The highest BCUT2D eigenvalue weighted by molar-refractivity contribution is 7.99. The lowest BCUT2D eigenvalue weighted by molar-refractivity contribution is -0.384. The minimum atomic E-state index is -0.399. The standard InChI is InChI=1S/C25H21N5O3S/c1-15-8-6-13-21(16(15)2)28-23(31)20-11-4-5-12-22(20)29-24(28)26-27-25(29)34-17(3)18-9-7-10-19(14-18)30(32)33/h4-14,17H,1-3H3. The quantitative estimate of drug-likeness (QED) is 0.193. The van der Waals surface area contributed by atoms with Gasteiger partial charge in [-0.25, -0.2) is 4.57 Å². The van der Waals surface area contributed by atoms with Crippen LogP contribution < -0.4 is 5.56 Å². The van der Waals surface area contributed by atoms with Crippen LogP contribution in [0.15, 0.2) is 76.7 Å². The van der Waals surface area contributed by atoms with Gasteiger partial charge in [0.15, 0.2) is 5.16 Å². The Bertz CT molecular complexity index is 1640. The van der Waals surface area contributed by atoms with Crippen LogP contribution in [0.4, 0.5) is 5.69 Å². The molecule has 0 aliphatic heterocycles. The molecule has 2 aromatic heterocycles. The Morgan fingerprint density at radius 1 is 1.00 bits per heavy atom. The van der Waals surface area contributed by atoms with Crippen molar-refractivity contribution in [3.05, 3.63) is 104 Å². The molecule has 0 bridgehead atoms. The molecule has 8 nitrogen and oxygen atoms in total. The van der Waals surface area contributed by atoms with Crippen LogP contribution >= 0.6 is 11.8 Å². The van der Waals surface area contributed by atoms with Gasteiger partial charge in [0.25, 0.3) is 11.2 Å². The zero-order valence-electron chi connectivity index (χ0n) is 18.8. The van der Waals surface area contributed by atoms with Crippen molar-refractivity contribution in [3.8, 4) is 5.69 Å². The van der Waals surface area contributed by atoms with E-state index in [2.05, 4.69) is 10.2 Å². The van der Waals surface area contributed by atoms with Gasteiger partial charge in [-0.2, -0.15) is 0 Å². The predicted octanol–water partition coefficient (Wildman–Crippen LogP) is 5.41. The van der Waals surface area contributed by atoms with Crippen LogP contribution in [0.2, 0.25) is 0 Å². The summed E-state index contributed by atoms with van der Waals surface area (Å²) in [6.45, 7) is 5.96. The number of nitrogens with zero attached hydrogens (tertiary/aromatic N) is 5. The van der Waals surface area contributed by atoms with Crippen molar-refractivity contribution < 1.29 is 4.92 Å². The maximum absolute atomic E-state index is 13.6. The van der Waals surface area contributed by atoms with E-state index in [0.29, 0.717) is 21.8 Å². The number of rotatable bonds is 5. The molecule has 3 aromatic carbocycles. The third kappa shape index (κ3) is 3.54. The lowest BCUT2D eigenvalue weighted by Crippen LogP contribution is -2.22. The zero-order chi connectivity index (χ0) is 24.0. The summed E-state index contributed by atoms with van der Waals surface area (Å²) >= 11 is 1.44. The molecule has 0 saturated carbocycles. The molecule has 2 heterocycles. The first kappa shape index (κ1) is 21.8. The first-order valence-corrected chi connectivity index (χ1v) is 11.6. The van der Waals surface area contributed by atoms with Gasteiger partial charge in [-0.3, -0.25) is 19.3 Å². The number of aryl methyl sites for hydroxylation is 1. The van der Waals surface area contributed by atoms with Crippen molar-refractivity contribution in [2.75, 3.05) is 0 Å². The number of non-ortho nitro benzene ring substituents is 1. The van der Waals surface area contributed by atoms with Crippen LogP contribution in [0.5, 0.6) is 0 Å². The van der Waals surface area contributed by atoms with E-state index < -0.39 is 4.92 Å². The smallest absolute Gasteiger partial charge is 0.268 e. The molecule has 5 aromatic rings. The topological polar surface area (TPSA) is 95.3 Å². The summed E-state index contributed by atoms with van der Waals surface area (Å²) in [7, 11) is 0. The molecule has 1 atom stereocenters. The van der Waals surface area contributed by atoms with Crippen molar-refractivity contribution in [2.24, 2.45) is 0 Å². The van der Waals surface area contributed by atoms with E-state index in [-0.39, 0.29) is 16.5 Å². The van der Waals surface area contributed by atoms with Crippen LogP contribution in [0.3, 0.4) is 0 Å². The highest BCUT2D eigenvalue weighted by atomic mass is 32.2. The second-order valence-electron chi connectivity index (χ2n) is 8.11. The maximum Gasteiger partial charge on any atom is 0.269 e. The third-order valence-corrected chi connectivity index (χ3v) is 7.15. The molecular weight excluding hydrogens is 450 g/mol. The number of aromatic nitrogens is 4. The molecule has 0 aliphatic carbocycles. The number of fused-ring (bicyclic) bond motifs is 3. The second-order valence-corrected chi connectivity index (χ2v) is 9.41. The number of nitro benzene ring substituents is 1. The Balaban J connectivity index is 1.72. The van der Waals surface area contributed by atoms with Crippen LogP contribution in [0, 0.1) is 24.0 Å². The Labute approximate surface area is 199 Å². The zero-order valence-corrected chi connectivity index (χ0v) is 19.6. The molecule has 34 heavy (non-hydrogen) atoms.